The van der Waals surface area contributed by atoms with Crippen molar-refractivity contribution in [3.05, 3.63) is 11.7 Å². The van der Waals surface area contributed by atoms with Gasteiger partial charge in [0.05, 0.1) is 12.5 Å². The Morgan fingerprint density at radius 3 is 2.86 bits per heavy atom. The Labute approximate surface area is 119 Å². The van der Waals surface area contributed by atoms with Crippen LogP contribution in [-0.2, 0) is 9.59 Å². The molecule has 1 aliphatic heterocycles. The van der Waals surface area contributed by atoms with E-state index in [9.17, 15) is 14.4 Å². The summed E-state index contributed by atoms with van der Waals surface area (Å²) in [6.07, 6.45) is 1.27. The fourth-order valence-corrected chi connectivity index (χ4v) is 1.99. The molecule has 1 saturated heterocycles. The summed E-state index contributed by atoms with van der Waals surface area (Å²) in [6, 6.07) is -1.53. The third kappa shape index (κ3) is 3.75. The molecule has 21 heavy (non-hydrogen) atoms. The van der Waals surface area contributed by atoms with Crippen molar-refractivity contribution in [1.82, 2.24) is 20.8 Å². The van der Waals surface area contributed by atoms with E-state index < -0.39 is 30.2 Å². The summed E-state index contributed by atoms with van der Waals surface area (Å²) in [5.41, 5.74) is 4.92. The lowest BCUT2D eigenvalue weighted by atomic mass is 10.2. The molecule has 0 aliphatic carbocycles. The quantitative estimate of drug-likeness (QED) is 0.496. The molecule has 0 spiro atoms. The molecule has 2 atom stereocenters. The molecule has 10 nitrogen and oxygen atoms in total. The molecule has 1 aromatic rings. The molecule has 0 bridgehead atoms. The summed E-state index contributed by atoms with van der Waals surface area (Å²) < 4.78 is 4.97. The second-order valence-electron chi connectivity index (χ2n) is 4.64. The van der Waals surface area contributed by atoms with E-state index in [1.54, 1.807) is 0 Å². The number of aromatic nitrogens is 2. The number of nitrogens with zero attached hydrogens (tertiary/aromatic N) is 2. The summed E-state index contributed by atoms with van der Waals surface area (Å²) in [7, 11) is 0. The van der Waals surface area contributed by atoms with Crippen LogP contribution < -0.4 is 16.4 Å². The van der Waals surface area contributed by atoms with Crippen molar-refractivity contribution < 1.29 is 24.0 Å². The van der Waals surface area contributed by atoms with Gasteiger partial charge in [-0.25, -0.2) is 4.79 Å². The highest BCUT2D eigenvalue weighted by Crippen LogP contribution is 2.20. The van der Waals surface area contributed by atoms with E-state index in [1.807, 2.05) is 0 Å². The molecule has 2 amide bonds. The van der Waals surface area contributed by atoms with Crippen molar-refractivity contribution >= 4 is 17.8 Å². The number of primary amides is 1. The third-order valence-electron chi connectivity index (χ3n) is 3.01. The van der Waals surface area contributed by atoms with Gasteiger partial charge in [-0.15, -0.1) is 0 Å². The van der Waals surface area contributed by atoms with Crippen LogP contribution in [0.3, 0.4) is 0 Å². The highest BCUT2D eigenvalue weighted by atomic mass is 16.5. The first-order chi connectivity index (χ1) is 9.97. The van der Waals surface area contributed by atoms with Gasteiger partial charge in [-0.3, -0.25) is 9.59 Å². The number of carbonyl (C=O) groups is 3. The first-order valence-corrected chi connectivity index (χ1v) is 6.36. The average molecular weight is 297 g/mol. The fraction of sp³-hybridized carbons (Fsp3) is 0.545. The molecular formula is C11H15N5O5. The molecule has 5 N–H and O–H groups in total. The number of aliphatic carboxylic acids is 1. The molecule has 1 unspecified atom stereocenters. The summed E-state index contributed by atoms with van der Waals surface area (Å²) in [5, 5.41) is 17.7. The Hall–Kier alpha value is -2.49. The first-order valence-electron chi connectivity index (χ1n) is 6.36. The maximum atomic E-state index is 11.8. The SMILES string of the molecule is NC(=O)C[C@H](NC(=O)c1noc(C2CCCN2)n1)C(=O)O. The number of carboxylic acid groups (broad SMARTS) is 1. The largest absolute Gasteiger partial charge is 0.480 e. The molecule has 10 heteroatoms. The van der Waals surface area contributed by atoms with E-state index in [0.717, 1.165) is 19.4 Å². The number of amides is 2. The lowest BCUT2D eigenvalue weighted by Gasteiger charge is -2.10. The van der Waals surface area contributed by atoms with Crippen LogP contribution in [0.15, 0.2) is 4.52 Å². The highest BCUT2D eigenvalue weighted by molar-refractivity contribution is 5.94. The minimum Gasteiger partial charge on any atom is -0.480 e. The Bertz CT molecular complexity index is 551. The highest BCUT2D eigenvalue weighted by Gasteiger charge is 2.27. The van der Waals surface area contributed by atoms with Crippen LogP contribution in [0.4, 0.5) is 0 Å². The van der Waals surface area contributed by atoms with Gasteiger partial charge in [0.1, 0.15) is 6.04 Å². The van der Waals surface area contributed by atoms with Crippen LogP contribution >= 0.6 is 0 Å². The monoisotopic (exact) mass is 297 g/mol. The Kier molecular flexibility index (Phi) is 4.48. The maximum absolute atomic E-state index is 11.8. The van der Waals surface area contributed by atoms with Crippen molar-refractivity contribution in [3.63, 3.8) is 0 Å². The van der Waals surface area contributed by atoms with Crippen molar-refractivity contribution in [2.45, 2.75) is 31.3 Å². The molecular weight excluding hydrogens is 282 g/mol. The van der Waals surface area contributed by atoms with Gasteiger partial charge in [-0.05, 0) is 19.4 Å². The van der Waals surface area contributed by atoms with Gasteiger partial charge in [0, 0.05) is 0 Å². The lowest BCUT2D eigenvalue weighted by Crippen LogP contribution is -2.43. The van der Waals surface area contributed by atoms with Crippen molar-refractivity contribution in [3.8, 4) is 0 Å². The summed E-state index contributed by atoms with van der Waals surface area (Å²) in [4.78, 5) is 37.4. The lowest BCUT2D eigenvalue weighted by molar-refractivity contribution is -0.140. The van der Waals surface area contributed by atoms with Gasteiger partial charge in [-0.1, -0.05) is 5.16 Å². The molecule has 0 saturated carbocycles. The van der Waals surface area contributed by atoms with Gasteiger partial charge >= 0.3 is 5.97 Å². The van der Waals surface area contributed by atoms with E-state index in [2.05, 4.69) is 20.8 Å². The van der Waals surface area contributed by atoms with Crippen LogP contribution in [0.2, 0.25) is 0 Å². The third-order valence-corrected chi connectivity index (χ3v) is 3.01. The van der Waals surface area contributed by atoms with Crippen molar-refractivity contribution in [2.75, 3.05) is 6.54 Å². The normalized spacial score (nSPS) is 19.1. The van der Waals surface area contributed by atoms with Gasteiger partial charge in [0.2, 0.25) is 11.8 Å². The second kappa shape index (κ2) is 6.31. The van der Waals surface area contributed by atoms with Crippen molar-refractivity contribution in [1.29, 1.82) is 0 Å². The number of nitrogens with one attached hydrogen (secondary N) is 2. The molecule has 2 rings (SSSR count). The van der Waals surface area contributed by atoms with E-state index >= 15 is 0 Å². The fourth-order valence-electron chi connectivity index (χ4n) is 1.99. The zero-order chi connectivity index (χ0) is 15.4. The van der Waals surface area contributed by atoms with E-state index in [-0.39, 0.29) is 17.8 Å². The standard InChI is InChI=1S/C11H15N5O5/c12-7(17)4-6(11(19)20)14-9(18)8-15-10(21-16-8)5-2-1-3-13-5/h5-6,13H,1-4H2,(H2,12,17)(H,14,18)(H,19,20)/t5?,6-/m0/s1. The first kappa shape index (κ1) is 14.9. The molecule has 0 aromatic carbocycles. The van der Waals surface area contributed by atoms with E-state index in [1.165, 1.54) is 0 Å². The van der Waals surface area contributed by atoms with Gasteiger partial charge in [0.15, 0.2) is 0 Å². The van der Waals surface area contributed by atoms with Gasteiger partial charge in [-0.2, -0.15) is 4.98 Å². The predicted molar refractivity (Wildman–Crippen MR) is 67.0 cm³/mol. The number of nitrogens with two attached hydrogens (primary N) is 1. The molecule has 1 fully saturated rings. The second-order valence-corrected chi connectivity index (χ2v) is 4.64. The molecule has 0 radical (unpaired) electrons. The molecule has 1 aromatic heterocycles. The van der Waals surface area contributed by atoms with Crippen LogP contribution in [0, 0.1) is 0 Å². The van der Waals surface area contributed by atoms with Crippen LogP contribution in [-0.4, -0.2) is 45.6 Å². The number of rotatable bonds is 6. The van der Waals surface area contributed by atoms with Crippen molar-refractivity contribution in [2.24, 2.45) is 5.73 Å². The average Bonchev–Trinajstić information content (AvgIpc) is 3.08. The number of hydrogen-bond acceptors (Lipinski definition) is 7. The zero-order valence-corrected chi connectivity index (χ0v) is 11.0. The Morgan fingerprint density at radius 1 is 1.52 bits per heavy atom. The molecule has 2 heterocycles. The summed E-state index contributed by atoms with van der Waals surface area (Å²) in [5.74, 6) is -3.06. The molecule has 114 valence electrons. The van der Waals surface area contributed by atoms with E-state index in [4.69, 9.17) is 15.4 Å². The summed E-state index contributed by atoms with van der Waals surface area (Å²) in [6.45, 7) is 0.828. The van der Waals surface area contributed by atoms with Crippen LogP contribution in [0.5, 0.6) is 0 Å². The smallest absolute Gasteiger partial charge is 0.326 e. The van der Waals surface area contributed by atoms with Crippen LogP contribution in [0.25, 0.3) is 0 Å². The van der Waals surface area contributed by atoms with Gasteiger partial charge in [0.25, 0.3) is 11.7 Å². The zero-order valence-electron chi connectivity index (χ0n) is 11.0. The van der Waals surface area contributed by atoms with E-state index in [0.29, 0.717) is 0 Å². The minimum atomic E-state index is -1.43. The Balaban J connectivity index is 2.01. The number of hydrogen-bond donors (Lipinski definition) is 4. The maximum Gasteiger partial charge on any atom is 0.326 e. The minimum absolute atomic E-state index is 0.0973. The number of carboxylic acids is 1. The predicted octanol–water partition coefficient (Wildman–Crippen LogP) is -1.45. The van der Waals surface area contributed by atoms with Gasteiger partial charge < -0.3 is 26.0 Å². The number of carbonyl (C=O) groups excluding carboxylic acids is 2. The molecule has 1 aliphatic rings. The topological polar surface area (TPSA) is 160 Å². The Morgan fingerprint density at radius 2 is 2.29 bits per heavy atom. The van der Waals surface area contributed by atoms with Crippen LogP contribution in [0.1, 0.15) is 41.8 Å². The summed E-state index contributed by atoms with van der Waals surface area (Å²) >= 11 is 0.